The van der Waals surface area contributed by atoms with Crippen molar-refractivity contribution in [1.29, 1.82) is 0 Å². The average molecular weight is 551 g/mol. The van der Waals surface area contributed by atoms with Crippen molar-refractivity contribution in [3.05, 3.63) is 143 Å². The van der Waals surface area contributed by atoms with Crippen LogP contribution < -0.4 is 0 Å². The number of hydrogen-bond donors (Lipinski definition) is 1. The van der Waals surface area contributed by atoms with Crippen LogP contribution in [0.2, 0.25) is 0 Å². The van der Waals surface area contributed by atoms with Gasteiger partial charge in [0, 0.05) is 5.92 Å². The van der Waals surface area contributed by atoms with Gasteiger partial charge in [-0.1, -0.05) is 129 Å². The van der Waals surface area contributed by atoms with Gasteiger partial charge in [-0.25, -0.2) is 0 Å². The summed E-state index contributed by atoms with van der Waals surface area (Å²) in [6.07, 6.45) is -0.665. The molecule has 0 saturated carbocycles. The third-order valence-electron chi connectivity index (χ3n) is 8.26. The molecular formula is C37H42O4. The zero-order chi connectivity index (χ0) is 28.6. The highest BCUT2D eigenvalue weighted by Crippen LogP contribution is 2.39. The second-order valence-electron chi connectivity index (χ2n) is 11.2. The Balaban J connectivity index is 1.45. The predicted molar refractivity (Wildman–Crippen MR) is 164 cm³/mol. The maximum Gasteiger partial charge on any atom is 0.117 e. The summed E-state index contributed by atoms with van der Waals surface area (Å²) in [6.45, 7) is 7.30. The quantitative estimate of drug-likeness (QED) is 0.209. The minimum absolute atomic E-state index is 0.0590. The van der Waals surface area contributed by atoms with Gasteiger partial charge in [0.15, 0.2) is 0 Å². The molecule has 0 spiro atoms. The highest BCUT2D eigenvalue weighted by molar-refractivity contribution is 5.36. The van der Waals surface area contributed by atoms with Gasteiger partial charge >= 0.3 is 0 Å². The third-order valence-corrected chi connectivity index (χ3v) is 8.26. The molecule has 1 aliphatic heterocycles. The van der Waals surface area contributed by atoms with Crippen molar-refractivity contribution in [3.8, 4) is 0 Å². The van der Waals surface area contributed by atoms with Gasteiger partial charge in [-0.05, 0) is 47.6 Å². The molecule has 41 heavy (non-hydrogen) atoms. The molecular weight excluding hydrogens is 508 g/mol. The first-order valence-corrected chi connectivity index (χ1v) is 14.8. The monoisotopic (exact) mass is 550 g/mol. The van der Waals surface area contributed by atoms with Gasteiger partial charge in [-0.3, -0.25) is 0 Å². The molecule has 0 aliphatic carbocycles. The third kappa shape index (κ3) is 7.33. The number of hydrogen-bond acceptors (Lipinski definition) is 4. The van der Waals surface area contributed by atoms with Crippen LogP contribution in [0, 0.1) is 12.8 Å². The molecule has 1 aliphatic rings. The number of benzene rings is 4. The van der Waals surface area contributed by atoms with Crippen molar-refractivity contribution in [3.63, 3.8) is 0 Å². The summed E-state index contributed by atoms with van der Waals surface area (Å²) in [7, 11) is 0. The SMILES string of the molecule is CC[C@H]1O[C@@H](C(O)c2ccccc2Cc2ccc(C)cc2)[C@H](OCc2ccccc2)[C@@H](OCc2ccccc2)[C@@H]1C. The molecule has 0 radical (unpaired) electrons. The van der Waals surface area contributed by atoms with Gasteiger partial charge in [0.2, 0.25) is 0 Å². The van der Waals surface area contributed by atoms with Crippen LogP contribution in [0.3, 0.4) is 0 Å². The van der Waals surface area contributed by atoms with Gasteiger partial charge in [-0.15, -0.1) is 0 Å². The first-order chi connectivity index (χ1) is 20.0. The Morgan fingerprint density at radius 2 is 1.27 bits per heavy atom. The smallest absolute Gasteiger partial charge is 0.117 e. The fourth-order valence-corrected chi connectivity index (χ4v) is 5.88. The van der Waals surface area contributed by atoms with Crippen LogP contribution in [-0.4, -0.2) is 29.5 Å². The summed E-state index contributed by atoms with van der Waals surface area (Å²) in [5, 5.41) is 12.1. The predicted octanol–water partition coefficient (Wildman–Crippen LogP) is 7.60. The number of aliphatic hydroxyl groups excluding tert-OH is 1. The maximum absolute atomic E-state index is 12.1. The summed E-state index contributed by atoms with van der Waals surface area (Å²) >= 11 is 0. The highest BCUT2D eigenvalue weighted by atomic mass is 16.6. The summed E-state index contributed by atoms with van der Waals surface area (Å²) in [5.41, 5.74) is 6.59. The van der Waals surface area contributed by atoms with E-state index in [1.54, 1.807) is 0 Å². The lowest BCUT2D eigenvalue weighted by atomic mass is 9.82. The molecule has 4 heteroatoms. The molecule has 1 unspecified atom stereocenters. The first-order valence-electron chi connectivity index (χ1n) is 14.8. The lowest BCUT2D eigenvalue weighted by Gasteiger charge is -2.47. The molecule has 1 fully saturated rings. The molecule has 214 valence electrons. The van der Waals surface area contributed by atoms with Crippen LogP contribution >= 0.6 is 0 Å². The Morgan fingerprint density at radius 1 is 0.707 bits per heavy atom. The summed E-state index contributed by atoms with van der Waals surface area (Å²) in [5.74, 6) is 0.0933. The zero-order valence-electron chi connectivity index (χ0n) is 24.4. The Bertz CT molecular complexity index is 1340. The molecule has 0 aromatic heterocycles. The van der Waals surface area contributed by atoms with Crippen LogP contribution in [0.15, 0.2) is 109 Å². The van der Waals surface area contributed by atoms with Gasteiger partial charge < -0.3 is 19.3 Å². The summed E-state index contributed by atoms with van der Waals surface area (Å²) in [4.78, 5) is 0. The normalized spacial score (nSPS) is 23.3. The van der Waals surface area contributed by atoms with Crippen LogP contribution in [0.1, 0.15) is 59.8 Å². The summed E-state index contributed by atoms with van der Waals surface area (Å²) < 4.78 is 20.0. The second-order valence-corrected chi connectivity index (χ2v) is 11.2. The molecule has 1 heterocycles. The van der Waals surface area contributed by atoms with E-state index in [-0.39, 0.29) is 18.1 Å². The zero-order valence-corrected chi connectivity index (χ0v) is 24.4. The van der Waals surface area contributed by atoms with Gasteiger partial charge in [0.1, 0.15) is 18.3 Å². The Kier molecular flexibility index (Phi) is 10.0. The van der Waals surface area contributed by atoms with Crippen LogP contribution in [0.25, 0.3) is 0 Å². The fourth-order valence-electron chi connectivity index (χ4n) is 5.88. The number of ether oxygens (including phenoxy) is 3. The number of rotatable bonds is 11. The number of aliphatic hydroxyl groups is 1. The van der Waals surface area contributed by atoms with E-state index in [1.165, 1.54) is 11.1 Å². The molecule has 5 rings (SSSR count). The summed E-state index contributed by atoms with van der Waals surface area (Å²) in [6, 6.07) is 37.1. The minimum Gasteiger partial charge on any atom is -0.386 e. The molecule has 4 aromatic carbocycles. The van der Waals surface area contributed by atoms with E-state index in [0.29, 0.717) is 13.2 Å². The van der Waals surface area contributed by atoms with E-state index in [1.807, 2.05) is 54.6 Å². The van der Waals surface area contributed by atoms with E-state index in [2.05, 4.69) is 75.4 Å². The van der Waals surface area contributed by atoms with Gasteiger partial charge in [-0.2, -0.15) is 0 Å². The van der Waals surface area contributed by atoms with Crippen molar-refractivity contribution >= 4 is 0 Å². The lowest BCUT2D eigenvalue weighted by Crippen LogP contribution is -2.57. The van der Waals surface area contributed by atoms with Crippen molar-refractivity contribution in [1.82, 2.24) is 0 Å². The van der Waals surface area contributed by atoms with Gasteiger partial charge in [0.25, 0.3) is 0 Å². The van der Waals surface area contributed by atoms with Crippen molar-refractivity contribution in [2.75, 3.05) is 0 Å². The molecule has 1 N–H and O–H groups in total. The van der Waals surface area contributed by atoms with E-state index in [4.69, 9.17) is 14.2 Å². The minimum atomic E-state index is -0.873. The molecule has 6 atom stereocenters. The lowest BCUT2D eigenvalue weighted by molar-refractivity contribution is -0.253. The van der Waals surface area contributed by atoms with Crippen LogP contribution in [0.4, 0.5) is 0 Å². The van der Waals surface area contributed by atoms with E-state index in [0.717, 1.165) is 35.1 Å². The Hall–Kier alpha value is -3.28. The number of aryl methyl sites for hydroxylation is 1. The molecule has 4 aromatic rings. The standard InChI is InChI=1S/C37H42O4/c1-4-33-27(3)35(39-24-29-13-7-5-8-14-29)37(40-25-30-15-9-6-10-16-30)36(41-33)34(38)32-18-12-11-17-31(32)23-28-21-19-26(2)20-22-28/h5-22,27,33-38H,4,23-25H2,1-3H3/t27-,33-,34?,35+,36+,37-/m1/s1. The molecule has 1 saturated heterocycles. The largest absolute Gasteiger partial charge is 0.386 e. The van der Waals surface area contributed by atoms with Crippen molar-refractivity contribution in [2.45, 2.75) is 77.3 Å². The Labute approximate surface area is 244 Å². The Morgan fingerprint density at radius 3 is 1.88 bits per heavy atom. The van der Waals surface area contributed by atoms with Crippen LogP contribution in [-0.2, 0) is 33.8 Å². The second kappa shape index (κ2) is 14.1. The average Bonchev–Trinajstić information content (AvgIpc) is 3.01. The molecule has 4 nitrogen and oxygen atoms in total. The molecule has 0 bridgehead atoms. The van der Waals surface area contributed by atoms with E-state index in [9.17, 15) is 5.11 Å². The highest BCUT2D eigenvalue weighted by Gasteiger charge is 2.48. The van der Waals surface area contributed by atoms with E-state index >= 15 is 0 Å². The van der Waals surface area contributed by atoms with E-state index < -0.39 is 18.3 Å². The first kappa shape index (κ1) is 29.2. The van der Waals surface area contributed by atoms with Gasteiger partial charge in [0.05, 0.1) is 25.4 Å². The fraction of sp³-hybridized carbons (Fsp3) is 0.351. The van der Waals surface area contributed by atoms with Crippen molar-refractivity contribution < 1.29 is 19.3 Å². The molecule has 0 amide bonds. The maximum atomic E-state index is 12.1. The topological polar surface area (TPSA) is 47.9 Å². The van der Waals surface area contributed by atoms with Crippen molar-refractivity contribution in [2.24, 2.45) is 5.92 Å². The van der Waals surface area contributed by atoms with Crippen LogP contribution in [0.5, 0.6) is 0 Å².